The third kappa shape index (κ3) is 2.53. The summed E-state index contributed by atoms with van der Waals surface area (Å²) in [5, 5.41) is 3.48. The van der Waals surface area contributed by atoms with Crippen LogP contribution in [-0.2, 0) is 0 Å². The maximum atomic E-state index is 5.82. The molecule has 1 aromatic carbocycles. The van der Waals surface area contributed by atoms with Crippen molar-refractivity contribution in [2.45, 2.75) is 0 Å². The Balaban J connectivity index is 2.99. The molecule has 0 atom stereocenters. The van der Waals surface area contributed by atoms with E-state index < -0.39 is 0 Å². The first-order valence-corrected chi connectivity index (χ1v) is 4.38. The summed E-state index contributed by atoms with van der Waals surface area (Å²) in [5.74, 6) is 0.978. The molecule has 1 rings (SSSR count). The smallest absolute Gasteiger partial charge is 0.192 e. The Kier molecular flexibility index (Phi) is 3.59. The van der Waals surface area contributed by atoms with Gasteiger partial charge in [-0.3, -0.25) is 4.99 Å². The Bertz CT molecular complexity index is 352. The van der Waals surface area contributed by atoms with Gasteiger partial charge in [-0.25, -0.2) is 0 Å². The van der Waals surface area contributed by atoms with E-state index in [1.165, 1.54) is 0 Å². The van der Waals surface area contributed by atoms with E-state index in [4.69, 9.17) is 22.1 Å². The number of benzene rings is 1. The molecule has 1 aromatic rings. The number of rotatable bonds is 2. The first-order valence-electron chi connectivity index (χ1n) is 4.00. The van der Waals surface area contributed by atoms with Crippen LogP contribution in [0, 0.1) is 0 Å². The molecular formula is C9H12ClN3O. The molecule has 3 N–H and O–H groups in total. The molecule has 14 heavy (non-hydrogen) atoms. The van der Waals surface area contributed by atoms with Gasteiger partial charge in [0.15, 0.2) is 5.96 Å². The summed E-state index contributed by atoms with van der Waals surface area (Å²) in [5.41, 5.74) is 6.22. The van der Waals surface area contributed by atoms with Gasteiger partial charge in [-0.05, 0) is 18.2 Å². The van der Waals surface area contributed by atoms with Crippen molar-refractivity contribution >= 4 is 23.2 Å². The Hall–Kier alpha value is -1.42. The first kappa shape index (κ1) is 10.7. The molecule has 0 amide bonds. The van der Waals surface area contributed by atoms with Gasteiger partial charge < -0.3 is 15.8 Å². The largest absolute Gasteiger partial charge is 0.495 e. The molecule has 0 aliphatic carbocycles. The molecule has 0 fully saturated rings. The molecular weight excluding hydrogens is 202 g/mol. The molecule has 4 nitrogen and oxygen atoms in total. The van der Waals surface area contributed by atoms with Crippen molar-refractivity contribution in [2.75, 3.05) is 19.5 Å². The van der Waals surface area contributed by atoms with Crippen molar-refractivity contribution in [3.8, 4) is 5.75 Å². The second-order valence-electron chi connectivity index (χ2n) is 2.58. The molecule has 0 saturated carbocycles. The zero-order valence-electron chi connectivity index (χ0n) is 8.04. The van der Waals surface area contributed by atoms with Gasteiger partial charge in [0.05, 0.1) is 12.8 Å². The van der Waals surface area contributed by atoms with Crippen molar-refractivity contribution in [2.24, 2.45) is 10.7 Å². The highest BCUT2D eigenvalue weighted by Gasteiger charge is 2.03. The van der Waals surface area contributed by atoms with Crippen LogP contribution in [0.15, 0.2) is 23.2 Å². The lowest BCUT2D eigenvalue weighted by Crippen LogP contribution is -2.22. The zero-order valence-corrected chi connectivity index (χ0v) is 8.80. The van der Waals surface area contributed by atoms with Crippen LogP contribution in [0.1, 0.15) is 0 Å². The first-order chi connectivity index (χ1) is 6.67. The molecule has 0 saturated heterocycles. The maximum absolute atomic E-state index is 5.82. The number of nitrogens with one attached hydrogen (secondary N) is 1. The van der Waals surface area contributed by atoms with Crippen LogP contribution in [0.3, 0.4) is 0 Å². The molecule has 0 heterocycles. The maximum Gasteiger partial charge on any atom is 0.192 e. The Morgan fingerprint density at radius 2 is 2.29 bits per heavy atom. The number of aliphatic imine (C=N–C) groups is 1. The van der Waals surface area contributed by atoms with E-state index in [2.05, 4.69) is 10.3 Å². The van der Waals surface area contributed by atoms with Crippen molar-refractivity contribution in [3.63, 3.8) is 0 Å². The molecule has 0 bridgehead atoms. The third-order valence-electron chi connectivity index (χ3n) is 1.67. The summed E-state index contributed by atoms with van der Waals surface area (Å²) in [6.07, 6.45) is 0. The summed E-state index contributed by atoms with van der Waals surface area (Å²) in [7, 11) is 3.17. The Morgan fingerprint density at radius 3 is 2.86 bits per heavy atom. The number of ether oxygens (including phenoxy) is 1. The number of halogens is 1. The summed E-state index contributed by atoms with van der Waals surface area (Å²) >= 11 is 5.82. The minimum absolute atomic E-state index is 0.311. The Labute approximate surface area is 87.7 Å². The van der Waals surface area contributed by atoms with Crippen LogP contribution >= 0.6 is 11.6 Å². The SMILES string of the molecule is CN=C(N)Nc1cc(Cl)ccc1OC. The van der Waals surface area contributed by atoms with E-state index in [9.17, 15) is 0 Å². The fourth-order valence-corrected chi connectivity index (χ4v) is 1.14. The van der Waals surface area contributed by atoms with Gasteiger partial charge in [-0.1, -0.05) is 11.6 Å². The number of anilines is 1. The van der Waals surface area contributed by atoms with Crippen LogP contribution in [-0.4, -0.2) is 20.1 Å². The molecule has 0 unspecified atom stereocenters. The van der Waals surface area contributed by atoms with Gasteiger partial charge in [0.2, 0.25) is 0 Å². The lowest BCUT2D eigenvalue weighted by atomic mass is 10.3. The van der Waals surface area contributed by atoms with E-state index in [0.29, 0.717) is 22.4 Å². The molecule has 0 aliphatic heterocycles. The number of guanidine groups is 1. The van der Waals surface area contributed by atoms with E-state index in [1.807, 2.05) is 0 Å². The van der Waals surface area contributed by atoms with Gasteiger partial charge in [0.1, 0.15) is 5.75 Å². The molecule has 0 aromatic heterocycles. The predicted molar refractivity (Wildman–Crippen MR) is 59.2 cm³/mol. The zero-order chi connectivity index (χ0) is 10.6. The summed E-state index contributed by atoms with van der Waals surface area (Å²) in [6.45, 7) is 0. The quantitative estimate of drug-likeness (QED) is 0.581. The van der Waals surface area contributed by atoms with Gasteiger partial charge in [0, 0.05) is 12.1 Å². The molecule has 5 heteroatoms. The fraction of sp³-hybridized carbons (Fsp3) is 0.222. The summed E-state index contributed by atoms with van der Waals surface area (Å²) in [4.78, 5) is 3.77. The van der Waals surface area contributed by atoms with Crippen LogP contribution in [0.5, 0.6) is 5.75 Å². The van der Waals surface area contributed by atoms with Crippen molar-refractivity contribution in [1.29, 1.82) is 0 Å². The van der Waals surface area contributed by atoms with Gasteiger partial charge in [-0.15, -0.1) is 0 Å². The average Bonchev–Trinajstić information content (AvgIpc) is 2.18. The number of nitrogens with zero attached hydrogens (tertiary/aromatic N) is 1. The Morgan fingerprint density at radius 1 is 1.57 bits per heavy atom. The predicted octanol–water partition coefficient (Wildman–Crippen LogP) is 1.70. The minimum Gasteiger partial charge on any atom is -0.495 e. The molecule has 0 aliphatic rings. The fourth-order valence-electron chi connectivity index (χ4n) is 0.972. The number of hydrogen-bond donors (Lipinski definition) is 2. The highest BCUT2D eigenvalue weighted by molar-refractivity contribution is 6.31. The van der Waals surface area contributed by atoms with E-state index in [0.717, 1.165) is 0 Å². The summed E-state index contributed by atoms with van der Waals surface area (Å²) < 4.78 is 5.11. The van der Waals surface area contributed by atoms with Crippen LogP contribution in [0.2, 0.25) is 5.02 Å². The van der Waals surface area contributed by atoms with Crippen LogP contribution in [0.4, 0.5) is 5.69 Å². The van der Waals surface area contributed by atoms with Crippen LogP contribution in [0.25, 0.3) is 0 Å². The third-order valence-corrected chi connectivity index (χ3v) is 1.90. The van der Waals surface area contributed by atoms with Crippen molar-refractivity contribution < 1.29 is 4.74 Å². The van der Waals surface area contributed by atoms with E-state index >= 15 is 0 Å². The lowest BCUT2D eigenvalue weighted by Gasteiger charge is -2.10. The summed E-state index contributed by atoms with van der Waals surface area (Å²) in [6, 6.07) is 5.22. The lowest BCUT2D eigenvalue weighted by molar-refractivity contribution is 0.417. The monoisotopic (exact) mass is 213 g/mol. The van der Waals surface area contributed by atoms with Gasteiger partial charge in [0.25, 0.3) is 0 Å². The standard InChI is InChI=1S/C9H12ClN3O/c1-12-9(11)13-7-5-6(10)3-4-8(7)14-2/h3-5H,1-2H3,(H3,11,12,13). The second-order valence-corrected chi connectivity index (χ2v) is 3.01. The number of nitrogens with two attached hydrogens (primary N) is 1. The van der Waals surface area contributed by atoms with Crippen molar-refractivity contribution in [1.82, 2.24) is 0 Å². The van der Waals surface area contributed by atoms with Gasteiger partial charge >= 0.3 is 0 Å². The van der Waals surface area contributed by atoms with Crippen molar-refractivity contribution in [3.05, 3.63) is 23.2 Å². The second kappa shape index (κ2) is 4.72. The number of methoxy groups -OCH3 is 1. The van der Waals surface area contributed by atoms with E-state index in [1.54, 1.807) is 32.4 Å². The molecule has 0 spiro atoms. The highest BCUT2D eigenvalue weighted by Crippen LogP contribution is 2.27. The molecule has 76 valence electrons. The van der Waals surface area contributed by atoms with Gasteiger partial charge in [-0.2, -0.15) is 0 Å². The number of hydrogen-bond acceptors (Lipinski definition) is 2. The topological polar surface area (TPSA) is 59.6 Å². The highest BCUT2D eigenvalue weighted by atomic mass is 35.5. The molecule has 0 radical (unpaired) electrons. The van der Waals surface area contributed by atoms with Crippen LogP contribution < -0.4 is 15.8 Å². The van der Waals surface area contributed by atoms with E-state index in [-0.39, 0.29) is 0 Å². The normalized spacial score (nSPS) is 11.2. The minimum atomic E-state index is 0.311. The average molecular weight is 214 g/mol.